The summed E-state index contributed by atoms with van der Waals surface area (Å²) in [5.41, 5.74) is 5.90. The van der Waals surface area contributed by atoms with Crippen LogP contribution in [0.25, 0.3) is 0 Å². The Labute approximate surface area is 139 Å². The van der Waals surface area contributed by atoms with E-state index >= 15 is 0 Å². The lowest BCUT2D eigenvalue weighted by atomic mass is 9.95. The SMILES string of the molecule is CCCCNC(=O)C1CCCN(C(=O)C2CCC(N)C2)C1.Cl. The highest BCUT2D eigenvalue weighted by Gasteiger charge is 2.34. The third-order valence-corrected chi connectivity index (χ3v) is 4.76. The van der Waals surface area contributed by atoms with Crippen LogP contribution in [0.15, 0.2) is 0 Å². The fourth-order valence-corrected chi connectivity index (χ4v) is 3.42. The van der Waals surface area contributed by atoms with Crippen molar-refractivity contribution in [1.29, 1.82) is 0 Å². The number of unbranched alkanes of at least 4 members (excludes halogenated alkanes) is 1. The second kappa shape index (κ2) is 9.36. The number of nitrogens with zero attached hydrogens (tertiary/aromatic N) is 1. The Hall–Kier alpha value is -0.810. The minimum atomic E-state index is -0.0327. The molecule has 0 aromatic heterocycles. The van der Waals surface area contributed by atoms with E-state index in [1.807, 2.05) is 4.90 Å². The predicted molar refractivity (Wildman–Crippen MR) is 89.8 cm³/mol. The topological polar surface area (TPSA) is 75.4 Å². The first-order valence-corrected chi connectivity index (χ1v) is 8.44. The standard InChI is InChI=1S/C16H29N3O2.ClH/c1-2-3-8-18-15(20)13-5-4-9-19(11-13)16(21)12-6-7-14(17)10-12;/h12-14H,2-11,17H2,1H3,(H,18,20);1H. The van der Waals surface area contributed by atoms with Crippen LogP contribution < -0.4 is 11.1 Å². The van der Waals surface area contributed by atoms with Crippen molar-refractivity contribution in [2.24, 2.45) is 17.6 Å². The van der Waals surface area contributed by atoms with Crippen molar-refractivity contribution in [1.82, 2.24) is 10.2 Å². The molecule has 3 atom stereocenters. The second-order valence-corrected chi connectivity index (χ2v) is 6.54. The van der Waals surface area contributed by atoms with Crippen LogP contribution in [0.1, 0.15) is 51.9 Å². The zero-order valence-corrected chi connectivity index (χ0v) is 14.4. The highest BCUT2D eigenvalue weighted by atomic mass is 35.5. The van der Waals surface area contributed by atoms with Gasteiger partial charge in [0.2, 0.25) is 11.8 Å². The maximum atomic E-state index is 12.5. The number of carbonyl (C=O) groups is 2. The van der Waals surface area contributed by atoms with Crippen LogP contribution in [0.2, 0.25) is 0 Å². The number of carbonyl (C=O) groups excluding carboxylic acids is 2. The van der Waals surface area contributed by atoms with E-state index in [1.54, 1.807) is 0 Å². The van der Waals surface area contributed by atoms with E-state index in [4.69, 9.17) is 5.73 Å². The molecule has 5 nitrogen and oxygen atoms in total. The van der Waals surface area contributed by atoms with Gasteiger partial charge in [0.05, 0.1) is 5.92 Å². The minimum Gasteiger partial charge on any atom is -0.356 e. The summed E-state index contributed by atoms with van der Waals surface area (Å²) < 4.78 is 0. The van der Waals surface area contributed by atoms with Crippen molar-refractivity contribution < 1.29 is 9.59 Å². The fourth-order valence-electron chi connectivity index (χ4n) is 3.42. The summed E-state index contributed by atoms with van der Waals surface area (Å²) in [6.45, 7) is 4.24. The molecule has 1 heterocycles. The summed E-state index contributed by atoms with van der Waals surface area (Å²) in [6.07, 6.45) is 6.58. The lowest BCUT2D eigenvalue weighted by molar-refractivity contribution is -0.139. The lowest BCUT2D eigenvalue weighted by Gasteiger charge is -2.33. The van der Waals surface area contributed by atoms with Gasteiger partial charge in [-0.1, -0.05) is 13.3 Å². The quantitative estimate of drug-likeness (QED) is 0.753. The first-order valence-electron chi connectivity index (χ1n) is 8.44. The van der Waals surface area contributed by atoms with Gasteiger partial charge in [0.1, 0.15) is 0 Å². The zero-order chi connectivity index (χ0) is 15.2. The first-order chi connectivity index (χ1) is 10.1. The maximum Gasteiger partial charge on any atom is 0.225 e. The van der Waals surface area contributed by atoms with Crippen molar-refractivity contribution in [3.63, 3.8) is 0 Å². The van der Waals surface area contributed by atoms with Gasteiger partial charge in [0.25, 0.3) is 0 Å². The normalized spacial score (nSPS) is 28.1. The van der Waals surface area contributed by atoms with E-state index in [0.29, 0.717) is 6.54 Å². The molecule has 2 fully saturated rings. The molecule has 1 aliphatic heterocycles. The molecule has 6 heteroatoms. The average molecular weight is 332 g/mol. The summed E-state index contributed by atoms with van der Waals surface area (Å²) >= 11 is 0. The predicted octanol–water partition coefficient (Wildman–Crippen LogP) is 1.69. The van der Waals surface area contributed by atoms with Gasteiger partial charge < -0.3 is 16.0 Å². The van der Waals surface area contributed by atoms with E-state index in [9.17, 15) is 9.59 Å². The highest BCUT2D eigenvalue weighted by Crippen LogP contribution is 2.28. The number of amides is 2. The van der Waals surface area contributed by atoms with E-state index < -0.39 is 0 Å². The molecule has 1 saturated heterocycles. The molecule has 3 N–H and O–H groups in total. The van der Waals surface area contributed by atoms with Gasteiger partial charge in [-0.05, 0) is 38.5 Å². The van der Waals surface area contributed by atoms with Gasteiger partial charge in [-0.3, -0.25) is 9.59 Å². The molecule has 1 saturated carbocycles. The van der Waals surface area contributed by atoms with E-state index in [-0.39, 0.29) is 42.1 Å². The summed E-state index contributed by atoms with van der Waals surface area (Å²) in [6, 6.07) is 0.178. The monoisotopic (exact) mass is 331 g/mol. The van der Waals surface area contributed by atoms with Crippen LogP contribution >= 0.6 is 12.4 Å². The molecule has 2 amide bonds. The van der Waals surface area contributed by atoms with Gasteiger partial charge in [-0.15, -0.1) is 12.4 Å². The summed E-state index contributed by atoms with van der Waals surface area (Å²) in [4.78, 5) is 26.6. The van der Waals surface area contributed by atoms with E-state index in [1.165, 1.54) is 0 Å². The number of hydrogen-bond acceptors (Lipinski definition) is 3. The van der Waals surface area contributed by atoms with Crippen molar-refractivity contribution in [2.75, 3.05) is 19.6 Å². The van der Waals surface area contributed by atoms with Gasteiger partial charge in [0.15, 0.2) is 0 Å². The van der Waals surface area contributed by atoms with Gasteiger partial charge in [-0.2, -0.15) is 0 Å². The minimum absolute atomic E-state index is 0. The summed E-state index contributed by atoms with van der Waals surface area (Å²) in [5.74, 6) is 0.384. The molecule has 0 spiro atoms. The number of hydrogen-bond donors (Lipinski definition) is 2. The number of likely N-dealkylation sites (tertiary alicyclic amines) is 1. The van der Waals surface area contributed by atoms with Crippen LogP contribution in [0.4, 0.5) is 0 Å². The van der Waals surface area contributed by atoms with Crippen LogP contribution in [0.3, 0.4) is 0 Å². The molecular formula is C16H30ClN3O2. The number of halogens is 1. The third kappa shape index (κ3) is 5.13. The Balaban J connectivity index is 0.00000242. The number of nitrogens with two attached hydrogens (primary N) is 1. The number of nitrogens with one attached hydrogen (secondary N) is 1. The van der Waals surface area contributed by atoms with E-state index in [0.717, 1.165) is 58.0 Å². The molecule has 128 valence electrons. The molecule has 3 unspecified atom stereocenters. The Morgan fingerprint density at radius 1 is 1.23 bits per heavy atom. The molecule has 0 radical (unpaired) electrons. The average Bonchev–Trinajstić information content (AvgIpc) is 2.93. The van der Waals surface area contributed by atoms with Crippen molar-refractivity contribution >= 4 is 24.2 Å². The zero-order valence-electron chi connectivity index (χ0n) is 13.6. The highest BCUT2D eigenvalue weighted by molar-refractivity contribution is 5.85. The smallest absolute Gasteiger partial charge is 0.225 e. The number of piperidine rings is 1. The Bertz CT molecular complexity index is 378. The van der Waals surface area contributed by atoms with E-state index in [2.05, 4.69) is 12.2 Å². The molecule has 0 aromatic rings. The van der Waals surface area contributed by atoms with Crippen molar-refractivity contribution in [3.05, 3.63) is 0 Å². The Kier molecular flexibility index (Phi) is 8.18. The Morgan fingerprint density at radius 2 is 2.00 bits per heavy atom. The molecule has 0 bridgehead atoms. The first kappa shape index (κ1) is 19.2. The molecule has 22 heavy (non-hydrogen) atoms. The lowest BCUT2D eigenvalue weighted by Crippen LogP contribution is -2.47. The van der Waals surface area contributed by atoms with Gasteiger partial charge >= 0.3 is 0 Å². The number of rotatable bonds is 5. The third-order valence-electron chi connectivity index (χ3n) is 4.76. The molecule has 2 aliphatic rings. The van der Waals surface area contributed by atoms with Gasteiger partial charge in [0, 0.05) is 31.6 Å². The van der Waals surface area contributed by atoms with Crippen LogP contribution in [-0.4, -0.2) is 42.4 Å². The largest absolute Gasteiger partial charge is 0.356 e. The van der Waals surface area contributed by atoms with Gasteiger partial charge in [-0.25, -0.2) is 0 Å². The van der Waals surface area contributed by atoms with Crippen molar-refractivity contribution in [2.45, 2.75) is 57.9 Å². The second-order valence-electron chi connectivity index (χ2n) is 6.54. The van der Waals surface area contributed by atoms with Crippen LogP contribution in [-0.2, 0) is 9.59 Å². The molecule has 1 aliphatic carbocycles. The maximum absolute atomic E-state index is 12.5. The summed E-state index contributed by atoms with van der Waals surface area (Å²) in [7, 11) is 0. The molecular weight excluding hydrogens is 302 g/mol. The van der Waals surface area contributed by atoms with Crippen LogP contribution in [0, 0.1) is 11.8 Å². The summed E-state index contributed by atoms with van der Waals surface area (Å²) in [5, 5.41) is 2.99. The van der Waals surface area contributed by atoms with Crippen molar-refractivity contribution in [3.8, 4) is 0 Å². The fraction of sp³-hybridized carbons (Fsp3) is 0.875. The molecule has 2 rings (SSSR count). The molecule has 0 aromatic carbocycles. The van der Waals surface area contributed by atoms with Crippen LogP contribution in [0.5, 0.6) is 0 Å². The Morgan fingerprint density at radius 3 is 2.64 bits per heavy atom.